The SMILES string of the molecule is COCc1ccsc1C(=O)NCc1cc(C(=O)O)c(C)o1. The molecule has 0 saturated carbocycles. The van der Waals surface area contributed by atoms with Crippen molar-refractivity contribution >= 4 is 23.2 Å². The van der Waals surface area contributed by atoms with E-state index in [0.717, 1.165) is 5.56 Å². The molecule has 112 valence electrons. The normalized spacial score (nSPS) is 10.6. The molecule has 0 bridgehead atoms. The second kappa shape index (κ2) is 6.55. The molecule has 2 aromatic rings. The Morgan fingerprint density at radius 1 is 1.48 bits per heavy atom. The molecular formula is C14H15NO5S. The maximum atomic E-state index is 12.1. The van der Waals surface area contributed by atoms with Crippen molar-refractivity contribution in [2.45, 2.75) is 20.1 Å². The highest BCUT2D eigenvalue weighted by Crippen LogP contribution is 2.18. The van der Waals surface area contributed by atoms with Gasteiger partial charge in [0.05, 0.1) is 18.0 Å². The molecule has 1 amide bonds. The van der Waals surface area contributed by atoms with Crippen LogP contribution in [0.4, 0.5) is 0 Å². The summed E-state index contributed by atoms with van der Waals surface area (Å²) in [6, 6.07) is 3.26. The first-order chi connectivity index (χ1) is 10.0. The van der Waals surface area contributed by atoms with Crippen molar-refractivity contribution in [2.24, 2.45) is 0 Å². The number of methoxy groups -OCH3 is 1. The number of ether oxygens (including phenoxy) is 1. The van der Waals surface area contributed by atoms with E-state index in [1.54, 1.807) is 14.0 Å². The van der Waals surface area contributed by atoms with Gasteiger partial charge in [0.25, 0.3) is 5.91 Å². The third-order valence-corrected chi connectivity index (χ3v) is 3.83. The average molecular weight is 309 g/mol. The van der Waals surface area contributed by atoms with Crippen LogP contribution in [0.2, 0.25) is 0 Å². The molecule has 2 N–H and O–H groups in total. The maximum Gasteiger partial charge on any atom is 0.339 e. The molecule has 0 saturated heterocycles. The first kappa shape index (κ1) is 15.3. The zero-order valence-corrected chi connectivity index (χ0v) is 12.5. The Hall–Kier alpha value is -2.12. The summed E-state index contributed by atoms with van der Waals surface area (Å²) in [5.74, 6) is -0.552. The van der Waals surface area contributed by atoms with Gasteiger partial charge in [-0.05, 0) is 24.4 Å². The van der Waals surface area contributed by atoms with Crippen molar-refractivity contribution in [3.63, 3.8) is 0 Å². The quantitative estimate of drug-likeness (QED) is 0.855. The minimum absolute atomic E-state index is 0.107. The van der Waals surface area contributed by atoms with Crippen LogP contribution in [0.1, 0.15) is 37.1 Å². The summed E-state index contributed by atoms with van der Waals surface area (Å²) >= 11 is 1.33. The minimum atomic E-state index is -1.05. The van der Waals surface area contributed by atoms with Gasteiger partial charge in [-0.15, -0.1) is 11.3 Å². The highest BCUT2D eigenvalue weighted by molar-refractivity contribution is 7.12. The summed E-state index contributed by atoms with van der Waals surface area (Å²) in [4.78, 5) is 23.6. The van der Waals surface area contributed by atoms with Crippen LogP contribution in [0.15, 0.2) is 21.9 Å². The minimum Gasteiger partial charge on any atom is -0.478 e. The lowest BCUT2D eigenvalue weighted by molar-refractivity contribution is 0.0694. The molecule has 0 aliphatic carbocycles. The number of aromatic carboxylic acids is 1. The lowest BCUT2D eigenvalue weighted by Crippen LogP contribution is -2.22. The maximum absolute atomic E-state index is 12.1. The largest absolute Gasteiger partial charge is 0.478 e. The number of furan rings is 1. The summed E-state index contributed by atoms with van der Waals surface area (Å²) in [5, 5.41) is 13.5. The second-order valence-corrected chi connectivity index (χ2v) is 5.29. The number of hydrogen-bond acceptors (Lipinski definition) is 5. The summed E-state index contributed by atoms with van der Waals surface area (Å²) < 4.78 is 10.3. The number of carboxylic acid groups (broad SMARTS) is 1. The van der Waals surface area contributed by atoms with Crippen molar-refractivity contribution in [1.82, 2.24) is 5.32 Å². The van der Waals surface area contributed by atoms with Crippen LogP contribution in [0.5, 0.6) is 0 Å². The van der Waals surface area contributed by atoms with Crippen molar-refractivity contribution < 1.29 is 23.8 Å². The van der Waals surface area contributed by atoms with Gasteiger partial charge in [0.2, 0.25) is 0 Å². The standard InChI is InChI=1S/C14H15NO5S/c1-8-11(14(17)18)5-10(20-8)6-15-13(16)12-9(7-19-2)3-4-21-12/h3-5H,6-7H2,1-2H3,(H,15,16)(H,17,18). The Balaban J connectivity index is 2.02. The zero-order chi connectivity index (χ0) is 15.4. The predicted molar refractivity (Wildman–Crippen MR) is 76.6 cm³/mol. The summed E-state index contributed by atoms with van der Waals surface area (Å²) in [7, 11) is 1.57. The summed E-state index contributed by atoms with van der Waals surface area (Å²) in [6.07, 6.45) is 0. The van der Waals surface area contributed by atoms with Gasteiger partial charge in [0.15, 0.2) is 0 Å². The fraction of sp³-hybridized carbons (Fsp3) is 0.286. The van der Waals surface area contributed by atoms with Gasteiger partial charge >= 0.3 is 5.97 Å². The van der Waals surface area contributed by atoms with Gasteiger partial charge in [-0.1, -0.05) is 0 Å². The molecule has 0 fully saturated rings. The van der Waals surface area contributed by atoms with E-state index in [0.29, 0.717) is 23.0 Å². The lowest BCUT2D eigenvalue weighted by Gasteiger charge is -2.04. The average Bonchev–Trinajstić information content (AvgIpc) is 3.03. The molecule has 0 atom stereocenters. The molecule has 2 aromatic heterocycles. The molecule has 6 nitrogen and oxygen atoms in total. The van der Waals surface area contributed by atoms with Crippen LogP contribution >= 0.6 is 11.3 Å². The predicted octanol–water partition coefficient (Wildman–Crippen LogP) is 2.42. The number of thiophene rings is 1. The van der Waals surface area contributed by atoms with Crippen LogP contribution in [0, 0.1) is 6.92 Å². The van der Waals surface area contributed by atoms with E-state index in [-0.39, 0.29) is 18.0 Å². The molecule has 0 aliphatic heterocycles. The van der Waals surface area contributed by atoms with Crippen molar-refractivity contribution in [2.75, 3.05) is 7.11 Å². The summed E-state index contributed by atoms with van der Waals surface area (Å²) in [6.45, 7) is 2.08. The molecule has 0 aliphatic rings. The van der Waals surface area contributed by atoms with Gasteiger partial charge in [-0.3, -0.25) is 4.79 Å². The van der Waals surface area contributed by atoms with Crippen molar-refractivity contribution in [1.29, 1.82) is 0 Å². The second-order valence-electron chi connectivity index (χ2n) is 4.38. The van der Waals surface area contributed by atoms with E-state index in [1.807, 2.05) is 11.4 Å². The molecular weight excluding hydrogens is 294 g/mol. The van der Waals surface area contributed by atoms with Gasteiger partial charge < -0.3 is 19.6 Å². The number of hydrogen-bond donors (Lipinski definition) is 2. The highest BCUT2D eigenvalue weighted by Gasteiger charge is 2.16. The Morgan fingerprint density at radius 2 is 2.24 bits per heavy atom. The third-order valence-electron chi connectivity index (χ3n) is 2.88. The zero-order valence-electron chi connectivity index (χ0n) is 11.6. The van der Waals surface area contributed by atoms with Crippen molar-refractivity contribution in [3.8, 4) is 0 Å². The Kier molecular flexibility index (Phi) is 4.77. The van der Waals surface area contributed by atoms with Gasteiger partial charge in [-0.2, -0.15) is 0 Å². The van der Waals surface area contributed by atoms with Crippen LogP contribution in [-0.4, -0.2) is 24.1 Å². The van der Waals surface area contributed by atoms with Crippen LogP contribution in [-0.2, 0) is 17.9 Å². The first-order valence-corrected chi connectivity index (χ1v) is 7.07. The van der Waals surface area contributed by atoms with Crippen molar-refractivity contribution in [3.05, 3.63) is 45.0 Å². The van der Waals surface area contributed by atoms with Gasteiger partial charge in [0, 0.05) is 12.7 Å². The molecule has 2 heterocycles. The third kappa shape index (κ3) is 3.50. The van der Waals surface area contributed by atoms with E-state index < -0.39 is 5.97 Å². The van der Waals surface area contributed by atoms with E-state index >= 15 is 0 Å². The summed E-state index contributed by atoms with van der Waals surface area (Å²) in [5.41, 5.74) is 0.928. The van der Waals surface area contributed by atoms with E-state index in [2.05, 4.69) is 5.32 Å². The number of carboxylic acids is 1. The number of amides is 1. The van der Waals surface area contributed by atoms with Crippen LogP contribution < -0.4 is 5.32 Å². The van der Waals surface area contributed by atoms with E-state index in [9.17, 15) is 9.59 Å². The Labute approximate surface area is 125 Å². The molecule has 0 radical (unpaired) electrons. The van der Waals surface area contributed by atoms with Crippen LogP contribution in [0.25, 0.3) is 0 Å². The topological polar surface area (TPSA) is 88.8 Å². The number of rotatable bonds is 6. The lowest BCUT2D eigenvalue weighted by atomic mass is 10.2. The number of nitrogens with one attached hydrogen (secondary N) is 1. The van der Waals surface area contributed by atoms with Crippen LogP contribution in [0.3, 0.4) is 0 Å². The number of carbonyl (C=O) groups excluding carboxylic acids is 1. The molecule has 21 heavy (non-hydrogen) atoms. The van der Waals surface area contributed by atoms with Gasteiger partial charge in [0.1, 0.15) is 17.1 Å². The first-order valence-electron chi connectivity index (χ1n) is 6.19. The number of aryl methyl sites for hydroxylation is 1. The molecule has 2 rings (SSSR count). The van der Waals surface area contributed by atoms with E-state index in [1.165, 1.54) is 17.4 Å². The molecule has 0 unspecified atom stereocenters. The van der Waals surface area contributed by atoms with Gasteiger partial charge in [-0.25, -0.2) is 4.79 Å². The monoisotopic (exact) mass is 309 g/mol. The molecule has 7 heteroatoms. The highest BCUT2D eigenvalue weighted by atomic mass is 32.1. The Morgan fingerprint density at radius 3 is 2.86 bits per heavy atom. The molecule has 0 spiro atoms. The van der Waals surface area contributed by atoms with E-state index in [4.69, 9.17) is 14.3 Å². The number of carbonyl (C=O) groups is 2. The molecule has 0 aromatic carbocycles. The fourth-order valence-electron chi connectivity index (χ4n) is 1.89. The fourth-order valence-corrected chi connectivity index (χ4v) is 2.72. The Bertz CT molecular complexity index is 658. The smallest absolute Gasteiger partial charge is 0.339 e.